The number of hydrogen-bond acceptors (Lipinski definition) is 2. The first-order valence-electron chi connectivity index (χ1n) is 7.86. The fraction of sp³-hybridized carbons (Fsp3) is 0.263. The number of aryl methyl sites for hydroxylation is 4. The minimum atomic E-state index is -0.122. The highest BCUT2D eigenvalue weighted by atomic mass is 16.2. The number of benzene rings is 1. The first-order chi connectivity index (χ1) is 11.0. The summed E-state index contributed by atoms with van der Waals surface area (Å²) in [7, 11) is 0. The normalized spacial score (nSPS) is 11.0. The Kier molecular flexibility index (Phi) is 3.90. The van der Waals surface area contributed by atoms with Gasteiger partial charge in [0.2, 0.25) is 0 Å². The molecule has 0 atom stereocenters. The zero-order valence-corrected chi connectivity index (χ0v) is 14.0. The van der Waals surface area contributed by atoms with E-state index < -0.39 is 0 Å². The van der Waals surface area contributed by atoms with Crippen molar-refractivity contribution in [1.29, 1.82) is 0 Å². The summed E-state index contributed by atoms with van der Waals surface area (Å²) in [4.78, 5) is 17.3. The summed E-state index contributed by atoms with van der Waals surface area (Å²) in [5.74, 6) is -0.122. The summed E-state index contributed by atoms with van der Waals surface area (Å²) in [6, 6.07) is 10.0. The summed E-state index contributed by atoms with van der Waals surface area (Å²) < 4.78 is 1.85. The highest BCUT2D eigenvalue weighted by molar-refractivity contribution is 6.05. The molecule has 4 nitrogen and oxygen atoms in total. The van der Waals surface area contributed by atoms with Gasteiger partial charge in [0.1, 0.15) is 11.3 Å². The summed E-state index contributed by atoms with van der Waals surface area (Å²) >= 11 is 0. The van der Waals surface area contributed by atoms with Crippen LogP contribution in [-0.4, -0.2) is 15.3 Å². The van der Waals surface area contributed by atoms with Gasteiger partial charge in [-0.15, -0.1) is 0 Å². The molecule has 1 N–H and O–H groups in total. The van der Waals surface area contributed by atoms with Gasteiger partial charge in [-0.2, -0.15) is 0 Å². The molecular weight excluding hydrogens is 286 g/mol. The molecule has 3 aromatic rings. The minimum Gasteiger partial charge on any atom is -0.320 e. The zero-order chi connectivity index (χ0) is 16.6. The molecule has 0 aliphatic carbocycles. The van der Waals surface area contributed by atoms with E-state index in [1.807, 2.05) is 61.7 Å². The van der Waals surface area contributed by atoms with Gasteiger partial charge in [0.05, 0.1) is 5.69 Å². The Morgan fingerprint density at radius 1 is 1.22 bits per heavy atom. The van der Waals surface area contributed by atoms with Gasteiger partial charge in [-0.05, 0) is 56.0 Å². The van der Waals surface area contributed by atoms with Gasteiger partial charge in [0.15, 0.2) is 0 Å². The van der Waals surface area contributed by atoms with Crippen molar-refractivity contribution in [3.05, 3.63) is 64.6 Å². The maximum absolute atomic E-state index is 12.8. The van der Waals surface area contributed by atoms with E-state index >= 15 is 0 Å². The van der Waals surface area contributed by atoms with E-state index in [2.05, 4.69) is 17.2 Å². The molecule has 0 radical (unpaired) electrons. The number of pyridine rings is 1. The lowest BCUT2D eigenvalue weighted by Gasteiger charge is -2.13. The maximum Gasteiger partial charge on any atom is 0.274 e. The Labute approximate surface area is 136 Å². The molecule has 23 heavy (non-hydrogen) atoms. The van der Waals surface area contributed by atoms with Crippen molar-refractivity contribution >= 4 is 17.2 Å². The standard InChI is InChI=1S/C19H21N3O/c1-5-15-8-6-7-13(3)17(15)21-19(23)18-14(4)20-16-11-12(2)9-10-22(16)18/h6-11H,5H2,1-4H3,(H,21,23). The van der Waals surface area contributed by atoms with Crippen LogP contribution in [0.1, 0.15) is 39.8 Å². The molecule has 0 unspecified atom stereocenters. The molecule has 0 fully saturated rings. The summed E-state index contributed by atoms with van der Waals surface area (Å²) in [5.41, 5.74) is 6.36. The van der Waals surface area contributed by atoms with Crippen molar-refractivity contribution in [3.8, 4) is 0 Å². The highest BCUT2D eigenvalue weighted by Crippen LogP contribution is 2.23. The smallest absolute Gasteiger partial charge is 0.274 e. The van der Waals surface area contributed by atoms with Crippen LogP contribution in [0.4, 0.5) is 5.69 Å². The van der Waals surface area contributed by atoms with Crippen LogP contribution in [0, 0.1) is 20.8 Å². The van der Waals surface area contributed by atoms with Crippen molar-refractivity contribution in [3.63, 3.8) is 0 Å². The van der Waals surface area contributed by atoms with Crippen molar-refractivity contribution in [2.75, 3.05) is 5.32 Å². The van der Waals surface area contributed by atoms with E-state index in [0.717, 1.165) is 40.1 Å². The molecule has 4 heteroatoms. The highest BCUT2D eigenvalue weighted by Gasteiger charge is 2.18. The Balaban J connectivity index is 2.04. The van der Waals surface area contributed by atoms with Crippen LogP contribution >= 0.6 is 0 Å². The molecule has 118 valence electrons. The predicted octanol–water partition coefficient (Wildman–Crippen LogP) is 4.07. The topological polar surface area (TPSA) is 46.4 Å². The number of carbonyl (C=O) groups is 1. The molecule has 3 rings (SSSR count). The van der Waals surface area contributed by atoms with Crippen molar-refractivity contribution in [2.45, 2.75) is 34.1 Å². The summed E-state index contributed by atoms with van der Waals surface area (Å²) in [5, 5.41) is 3.08. The largest absolute Gasteiger partial charge is 0.320 e. The van der Waals surface area contributed by atoms with E-state index in [0.29, 0.717) is 5.69 Å². The summed E-state index contributed by atoms with van der Waals surface area (Å²) in [6.07, 6.45) is 2.78. The number of hydrogen-bond donors (Lipinski definition) is 1. The molecule has 1 amide bonds. The maximum atomic E-state index is 12.8. The second kappa shape index (κ2) is 5.88. The molecule has 0 aliphatic heterocycles. The van der Waals surface area contributed by atoms with Gasteiger partial charge < -0.3 is 5.32 Å². The average molecular weight is 307 g/mol. The van der Waals surface area contributed by atoms with Crippen LogP contribution in [-0.2, 0) is 6.42 Å². The number of nitrogens with zero attached hydrogens (tertiary/aromatic N) is 2. The fourth-order valence-electron chi connectivity index (χ4n) is 2.91. The molecule has 0 bridgehead atoms. The van der Waals surface area contributed by atoms with Crippen LogP contribution in [0.15, 0.2) is 36.5 Å². The van der Waals surface area contributed by atoms with Crippen LogP contribution in [0.2, 0.25) is 0 Å². The van der Waals surface area contributed by atoms with Crippen LogP contribution in [0.25, 0.3) is 5.65 Å². The lowest BCUT2D eigenvalue weighted by atomic mass is 10.1. The van der Waals surface area contributed by atoms with Crippen LogP contribution in [0.5, 0.6) is 0 Å². The number of para-hydroxylation sites is 1. The number of nitrogens with one attached hydrogen (secondary N) is 1. The summed E-state index contributed by atoms with van der Waals surface area (Å²) in [6.45, 7) is 7.99. The average Bonchev–Trinajstić information content (AvgIpc) is 2.84. The van der Waals surface area contributed by atoms with Gasteiger partial charge in [0, 0.05) is 11.9 Å². The van der Waals surface area contributed by atoms with Gasteiger partial charge >= 0.3 is 0 Å². The number of carbonyl (C=O) groups excluding carboxylic acids is 1. The third-order valence-electron chi connectivity index (χ3n) is 4.15. The van der Waals surface area contributed by atoms with E-state index in [9.17, 15) is 4.79 Å². The monoisotopic (exact) mass is 307 g/mol. The van der Waals surface area contributed by atoms with Crippen molar-refractivity contribution in [1.82, 2.24) is 9.38 Å². The molecule has 1 aromatic carbocycles. The van der Waals surface area contributed by atoms with Gasteiger partial charge in [-0.25, -0.2) is 4.98 Å². The van der Waals surface area contributed by atoms with E-state index in [-0.39, 0.29) is 5.91 Å². The second-order valence-corrected chi connectivity index (χ2v) is 5.89. The Morgan fingerprint density at radius 2 is 2.00 bits per heavy atom. The number of rotatable bonds is 3. The van der Waals surface area contributed by atoms with E-state index in [4.69, 9.17) is 0 Å². The molecule has 0 saturated carbocycles. The lowest BCUT2D eigenvalue weighted by molar-refractivity contribution is 0.102. The molecule has 2 aromatic heterocycles. The molecule has 0 aliphatic rings. The second-order valence-electron chi connectivity index (χ2n) is 5.89. The third kappa shape index (κ3) is 2.72. The third-order valence-corrected chi connectivity index (χ3v) is 4.15. The number of aromatic nitrogens is 2. The number of fused-ring (bicyclic) bond motifs is 1. The Bertz CT molecular complexity index is 893. The number of amides is 1. The zero-order valence-electron chi connectivity index (χ0n) is 14.0. The van der Waals surface area contributed by atoms with Crippen LogP contribution in [0.3, 0.4) is 0 Å². The van der Waals surface area contributed by atoms with Gasteiger partial charge in [-0.1, -0.05) is 25.1 Å². The molecular formula is C19H21N3O. The predicted molar refractivity (Wildman–Crippen MR) is 93.2 cm³/mol. The van der Waals surface area contributed by atoms with E-state index in [1.165, 1.54) is 0 Å². The Morgan fingerprint density at radius 3 is 2.74 bits per heavy atom. The number of anilines is 1. The lowest BCUT2D eigenvalue weighted by Crippen LogP contribution is -2.17. The van der Waals surface area contributed by atoms with Gasteiger partial charge in [-0.3, -0.25) is 9.20 Å². The Hall–Kier alpha value is -2.62. The fourth-order valence-corrected chi connectivity index (χ4v) is 2.91. The minimum absolute atomic E-state index is 0.122. The van der Waals surface area contributed by atoms with E-state index in [1.54, 1.807) is 0 Å². The molecule has 0 spiro atoms. The number of imidazole rings is 1. The SMILES string of the molecule is CCc1cccc(C)c1NC(=O)c1c(C)nc2cc(C)ccn12. The first kappa shape index (κ1) is 15.3. The van der Waals surface area contributed by atoms with Crippen LogP contribution < -0.4 is 5.32 Å². The van der Waals surface area contributed by atoms with Crippen molar-refractivity contribution < 1.29 is 4.79 Å². The van der Waals surface area contributed by atoms with Gasteiger partial charge in [0.25, 0.3) is 5.91 Å². The van der Waals surface area contributed by atoms with Crippen molar-refractivity contribution in [2.24, 2.45) is 0 Å². The quantitative estimate of drug-likeness (QED) is 0.792. The first-order valence-corrected chi connectivity index (χ1v) is 7.86. The molecule has 0 saturated heterocycles. The molecule has 2 heterocycles.